The van der Waals surface area contributed by atoms with Gasteiger partial charge in [-0.25, -0.2) is 4.79 Å². The molecule has 0 N–H and O–H groups in total. The molecule has 4 heteroatoms. The number of ether oxygens (including phenoxy) is 1. The Bertz CT molecular complexity index is 665. The second-order valence-corrected chi connectivity index (χ2v) is 5.07. The number of hydrogen-bond donors (Lipinski definition) is 0. The van der Waals surface area contributed by atoms with Gasteiger partial charge in [0.15, 0.2) is 11.5 Å². The first-order chi connectivity index (χ1) is 9.93. The maximum Gasteiger partial charge on any atom is 0.341 e. The number of furan rings is 1. The predicted molar refractivity (Wildman–Crippen MR) is 78.7 cm³/mol. The summed E-state index contributed by atoms with van der Waals surface area (Å²) in [5, 5.41) is 0. The summed E-state index contributed by atoms with van der Waals surface area (Å²) in [6.45, 7) is 5.34. The molecule has 0 radical (unpaired) electrons. The normalized spacial score (nSPS) is 12.0. The highest BCUT2D eigenvalue weighted by Gasteiger charge is 2.25. The first kappa shape index (κ1) is 15.0. The Morgan fingerprint density at radius 3 is 2.33 bits per heavy atom. The Kier molecular flexibility index (Phi) is 4.26. The van der Waals surface area contributed by atoms with Gasteiger partial charge in [0.2, 0.25) is 0 Å². The molecule has 0 bridgehead atoms. The molecule has 0 spiro atoms. The van der Waals surface area contributed by atoms with E-state index >= 15 is 0 Å². The lowest BCUT2D eigenvalue weighted by Crippen LogP contribution is -2.06. The van der Waals surface area contributed by atoms with E-state index in [1.807, 2.05) is 38.1 Å². The molecular formula is C17H18O4. The lowest BCUT2D eigenvalue weighted by Gasteiger charge is -2.11. The van der Waals surface area contributed by atoms with Crippen molar-refractivity contribution in [3.8, 4) is 0 Å². The van der Waals surface area contributed by atoms with Crippen LogP contribution in [-0.4, -0.2) is 18.9 Å². The van der Waals surface area contributed by atoms with E-state index in [-0.39, 0.29) is 17.5 Å². The third-order valence-corrected chi connectivity index (χ3v) is 3.48. The number of aryl methyl sites for hydroxylation is 1. The average Bonchev–Trinajstić information content (AvgIpc) is 2.92. The van der Waals surface area contributed by atoms with Gasteiger partial charge >= 0.3 is 5.97 Å². The molecule has 0 aliphatic heterocycles. The third kappa shape index (κ3) is 3.05. The fourth-order valence-corrected chi connectivity index (χ4v) is 2.18. The van der Waals surface area contributed by atoms with Crippen molar-refractivity contribution in [2.75, 3.05) is 7.11 Å². The van der Waals surface area contributed by atoms with Gasteiger partial charge in [-0.1, -0.05) is 36.8 Å². The highest BCUT2D eigenvalue weighted by atomic mass is 16.5. The number of Topliss-reactive ketones (excluding diaryl/α,β-unsaturated/α-hetero) is 1. The minimum absolute atomic E-state index is 0.146. The molecule has 110 valence electrons. The lowest BCUT2D eigenvalue weighted by atomic mass is 9.95. The smallest absolute Gasteiger partial charge is 0.341 e. The quantitative estimate of drug-likeness (QED) is 0.634. The summed E-state index contributed by atoms with van der Waals surface area (Å²) >= 11 is 0. The molecule has 0 aliphatic rings. The number of methoxy groups -OCH3 is 1. The number of ketones is 1. The van der Waals surface area contributed by atoms with E-state index in [0.717, 1.165) is 11.1 Å². The summed E-state index contributed by atoms with van der Waals surface area (Å²) < 4.78 is 10.4. The highest BCUT2D eigenvalue weighted by Crippen LogP contribution is 2.30. The minimum Gasteiger partial charge on any atom is -0.465 e. The molecule has 0 saturated heterocycles. The fraction of sp³-hybridized carbons (Fsp3) is 0.294. The van der Waals surface area contributed by atoms with Crippen molar-refractivity contribution >= 4 is 11.8 Å². The van der Waals surface area contributed by atoms with Crippen LogP contribution in [0.25, 0.3) is 0 Å². The fourth-order valence-electron chi connectivity index (χ4n) is 2.18. The molecule has 0 saturated carbocycles. The summed E-state index contributed by atoms with van der Waals surface area (Å²) in [5.41, 5.74) is 2.47. The Morgan fingerprint density at radius 2 is 1.81 bits per heavy atom. The first-order valence-electron chi connectivity index (χ1n) is 6.73. The van der Waals surface area contributed by atoms with Crippen molar-refractivity contribution in [1.82, 2.24) is 0 Å². The molecule has 1 unspecified atom stereocenters. The van der Waals surface area contributed by atoms with E-state index in [4.69, 9.17) is 9.15 Å². The third-order valence-electron chi connectivity index (χ3n) is 3.48. The topological polar surface area (TPSA) is 56.5 Å². The monoisotopic (exact) mass is 286 g/mol. The van der Waals surface area contributed by atoms with Gasteiger partial charge in [-0.2, -0.15) is 0 Å². The molecular weight excluding hydrogens is 268 g/mol. The largest absolute Gasteiger partial charge is 0.465 e. The van der Waals surface area contributed by atoms with Crippen LogP contribution in [0.1, 0.15) is 57.6 Å². The summed E-state index contributed by atoms with van der Waals surface area (Å²) in [5.74, 6) is -0.240. The van der Waals surface area contributed by atoms with Crippen molar-refractivity contribution in [1.29, 1.82) is 0 Å². The molecule has 4 nitrogen and oxygen atoms in total. The van der Waals surface area contributed by atoms with E-state index in [0.29, 0.717) is 11.3 Å². The van der Waals surface area contributed by atoms with Crippen LogP contribution in [0.2, 0.25) is 0 Å². The van der Waals surface area contributed by atoms with Crippen molar-refractivity contribution in [2.45, 2.75) is 26.7 Å². The Morgan fingerprint density at radius 1 is 1.19 bits per heavy atom. The molecule has 0 fully saturated rings. The van der Waals surface area contributed by atoms with Crippen molar-refractivity contribution in [3.63, 3.8) is 0 Å². The van der Waals surface area contributed by atoms with Gasteiger partial charge in [-0.05, 0) is 12.5 Å². The Labute approximate surface area is 123 Å². The molecule has 2 aromatic rings. The molecule has 1 aromatic heterocycles. The van der Waals surface area contributed by atoms with E-state index in [1.165, 1.54) is 20.1 Å². The number of carbonyl (C=O) groups is 2. The molecule has 1 atom stereocenters. The lowest BCUT2D eigenvalue weighted by molar-refractivity contribution is 0.0597. The number of esters is 1. The van der Waals surface area contributed by atoms with E-state index in [2.05, 4.69) is 0 Å². The molecule has 1 heterocycles. The zero-order valence-electron chi connectivity index (χ0n) is 12.6. The molecule has 0 aliphatic carbocycles. The number of rotatable bonds is 4. The van der Waals surface area contributed by atoms with Crippen molar-refractivity contribution in [3.05, 3.63) is 58.5 Å². The van der Waals surface area contributed by atoms with Crippen LogP contribution in [0.5, 0.6) is 0 Å². The maximum absolute atomic E-state index is 11.9. The van der Waals surface area contributed by atoms with Crippen LogP contribution in [0.3, 0.4) is 0 Å². The zero-order chi connectivity index (χ0) is 15.6. The number of benzene rings is 1. The van der Waals surface area contributed by atoms with Crippen LogP contribution < -0.4 is 0 Å². The SMILES string of the molecule is COC(=O)c1cc(C(C)=O)oc1C(C)c1ccc(C)cc1. The van der Waals surface area contributed by atoms with Gasteiger partial charge < -0.3 is 9.15 Å². The van der Waals surface area contributed by atoms with E-state index in [1.54, 1.807) is 0 Å². The summed E-state index contributed by atoms with van der Waals surface area (Å²) in [6, 6.07) is 9.42. The van der Waals surface area contributed by atoms with Crippen molar-refractivity contribution < 1.29 is 18.7 Å². The van der Waals surface area contributed by atoms with Crippen LogP contribution in [0, 0.1) is 6.92 Å². The standard InChI is InChI=1S/C17H18O4/c1-10-5-7-13(8-6-10)11(2)16-14(17(19)20-4)9-15(21-16)12(3)18/h5-9,11H,1-4H3. The van der Waals surface area contributed by atoms with Gasteiger partial charge in [0.1, 0.15) is 11.3 Å². The second kappa shape index (κ2) is 5.95. The Balaban J connectivity index is 2.48. The molecule has 0 amide bonds. The molecule has 21 heavy (non-hydrogen) atoms. The zero-order valence-corrected chi connectivity index (χ0v) is 12.6. The maximum atomic E-state index is 11.9. The van der Waals surface area contributed by atoms with Crippen LogP contribution in [-0.2, 0) is 4.74 Å². The van der Waals surface area contributed by atoms with Gasteiger partial charge in [0.05, 0.1) is 7.11 Å². The summed E-state index contributed by atoms with van der Waals surface area (Å²) in [4.78, 5) is 23.3. The van der Waals surface area contributed by atoms with E-state index < -0.39 is 5.97 Å². The van der Waals surface area contributed by atoms with Gasteiger partial charge in [-0.3, -0.25) is 4.79 Å². The second-order valence-electron chi connectivity index (χ2n) is 5.07. The van der Waals surface area contributed by atoms with Crippen molar-refractivity contribution in [2.24, 2.45) is 0 Å². The first-order valence-corrected chi connectivity index (χ1v) is 6.73. The van der Waals surface area contributed by atoms with Gasteiger partial charge in [0.25, 0.3) is 0 Å². The molecule has 2 rings (SSSR count). The number of hydrogen-bond acceptors (Lipinski definition) is 4. The predicted octanol–water partition coefficient (Wildman–Crippen LogP) is 3.73. The van der Waals surface area contributed by atoms with Gasteiger partial charge in [-0.15, -0.1) is 0 Å². The Hall–Kier alpha value is -2.36. The van der Waals surface area contributed by atoms with Crippen LogP contribution in [0.4, 0.5) is 0 Å². The van der Waals surface area contributed by atoms with Gasteiger partial charge in [0, 0.05) is 18.9 Å². The van der Waals surface area contributed by atoms with Crippen LogP contribution >= 0.6 is 0 Å². The summed E-state index contributed by atoms with van der Waals surface area (Å²) in [7, 11) is 1.31. The van der Waals surface area contributed by atoms with E-state index in [9.17, 15) is 9.59 Å². The minimum atomic E-state index is -0.500. The average molecular weight is 286 g/mol. The summed E-state index contributed by atoms with van der Waals surface area (Å²) in [6.07, 6.45) is 0. The highest BCUT2D eigenvalue weighted by molar-refractivity contribution is 5.97. The van der Waals surface area contributed by atoms with Crippen LogP contribution in [0.15, 0.2) is 34.7 Å². The molecule has 1 aromatic carbocycles. The number of carbonyl (C=O) groups excluding carboxylic acids is 2.